The van der Waals surface area contributed by atoms with Crippen molar-refractivity contribution in [3.8, 4) is 0 Å². The lowest BCUT2D eigenvalue weighted by molar-refractivity contribution is -0.137. The van der Waals surface area contributed by atoms with E-state index in [1.54, 1.807) is 4.90 Å². The Kier molecular flexibility index (Phi) is 5.35. The third-order valence-corrected chi connectivity index (χ3v) is 4.50. The van der Waals surface area contributed by atoms with Gasteiger partial charge >= 0.3 is 6.18 Å². The summed E-state index contributed by atoms with van der Waals surface area (Å²) >= 11 is 5.97. The normalized spacial score (nSPS) is 24.4. The molecule has 2 saturated heterocycles. The molecule has 2 N–H and O–H groups in total. The Morgan fingerprint density at radius 3 is 2.92 bits per heavy atom. The number of hydrogen-bond donors (Lipinski definition) is 2. The maximum atomic E-state index is 12.7. The standard InChI is InChI=1S/C15H18ClF3N4O2/c16-11-5-9(15(17,18)19)6-21-13(11)23-3-1-10(7-23)22-14(24)12-8-25-4-2-20-12/h5-6,10,12,20H,1-4,7-8H2,(H,22,24). The molecule has 0 aliphatic carbocycles. The van der Waals surface area contributed by atoms with Crippen LogP contribution in [-0.4, -0.2) is 55.8 Å². The lowest BCUT2D eigenvalue weighted by Gasteiger charge is -2.25. The summed E-state index contributed by atoms with van der Waals surface area (Å²) in [5.41, 5.74) is -0.881. The van der Waals surface area contributed by atoms with Gasteiger partial charge in [-0.05, 0) is 12.5 Å². The van der Waals surface area contributed by atoms with Crippen LogP contribution in [0.5, 0.6) is 0 Å². The maximum absolute atomic E-state index is 12.7. The second kappa shape index (κ2) is 7.35. The van der Waals surface area contributed by atoms with E-state index in [9.17, 15) is 18.0 Å². The summed E-state index contributed by atoms with van der Waals surface area (Å²) in [7, 11) is 0. The van der Waals surface area contributed by atoms with Crippen LogP contribution in [0.3, 0.4) is 0 Å². The van der Waals surface area contributed by atoms with Crippen molar-refractivity contribution in [3.05, 3.63) is 22.8 Å². The quantitative estimate of drug-likeness (QED) is 0.833. The lowest BCUT2D eigenvalue weighted by Crippen LogP contribution is -2.53. The van der Waals surface area contributed by atoms with Gasteiger partial charge in [-0.1, -0.05) is 11.6 Å². The number of aromatic nitrogens is 1. The Hall–Kier alpha value is -1.58. The van der Waals surface area contributed by atoms with Gasteiger partial charge in [0.1, 0.15) is 11.9 Å². The molecule has 1 amide bonds. The first kappa shape index (κ1) is 18.2. The van der Waals surface area contributed by atoms with Gasteiger partial charge < -0.3 is 20.3 Å². The van der Waals surface area contributed by atoms with Crippen molar-refractivity contribution in [2.75, 3.05) is 37.7 Å². The number of halogens is 4. The number of anilines is 1. The molecule has 2 fully saturated rings. The molecule has 10 heteroatoms. The molecule has 0 bridgehead atoms. The van der Waals surface area contributed by atoms with Gasteiger partial charge in [-0.3, -0.25) is 4.79 Å². The van der Waals surface area contributed by atoms with Gasteiger partial charge in [-0.2, -0.15) is 13.2 Å². The summed E-state index contributed by atoms with van der Waals surface area (Å²) < 4.78 is 43.3. The molecule has 3 heterocycles. The first-order valence-corrected chi connectivity index (χ1v) is 8.31. The van der Waals surface area contributed by atoms with E-state index in [0.29, 0.717) is 45.1 Å². The van der Waals surface area contributed by atoms with Crippen LogP contribution in [0.1, 0.15) is 12.0 Å². The van der Waals surface area contributed by atoms with Crippen LogP contribution in [0.25, 0.3) is 0 Å². The van der Waals surface area contributed by atoms with Gasteiger partial charge in [0.15, 0.2) is 0 Å². The Bertz CT molecular complexity index is 638. The van der Waals surface area contributed by atoms with Crippen LogP contribution >= 0.6 is 11.6 Å². The number of amides is 1. The molecule has 0 saturated carbocycles. The average Bonchev–Trinajstić information content (AvgIpc) is 3.03. The van der Waals surface area contributed by atoms with E-state index in [1.165, 1.54) is 0 Å². The Morgan fingerprint density at radius 1 is 1.48 bits per heavy atom. The van der Waals surface area contributed by atoms with Gasteiger partial charge in [-0.25, -0.2) is 4.98 Å². The van der Waals surface area contributed by atoms with Crippen molar-refractivity contribution >= 4 is 23.3 Å². The highest BCUT2D eigenvalue weighted by Crippen LogP contribution is 2.34. The van der Waals surface area contributed by atoms with E-state index in [1.807, 2.05) is 0 Å². The highest BCUT2D eigenvalue weighted by Gasteiger charge is 2.33. The van der Waals surface area contributed by atoms with Gasteiger partial charge in [0.2, 0.25) is 5.91 Å². The predicted octanol–water partition coefficient (Wildman–Crippen LogP) is 1.44. The van der Waals surface area contributed by atoms with Crippen LogP contribution in [0.4, 0.5) is 19.0 Å². The van der Waals surface area contributed by atoms with Gasteiger partial charge in [-0.15, -0.1) is 0 Å². The summed E-state index contributed by atoms with van der Waals surface area (Å²) in [6.45, 7) is 2.53. The second-order valence-electron chi connectivity index (χ2n) is 6.05. The molecule has 0 aromatic carbocycles. The summed E-state index contributed by atoms with van der Waals surface area (Å²) in [5, 5.41) is 5.95. The maximum Gasteiger partial charge on any atom is 0.417 e. The number of alkyl halides is 3. The van der Waals surface area contributed by atoms with Crippen LogP contribution in [-0.2, 0) is 15.7 Å². The summed E-state index contributed by atoms with van der Waals surface area (Å²) in [6, 6.07) is 0.381. The number of pyridine rings is 1. The largest absolute Gasteiger partial charge is 0.417 e. The molecule has 6 nitrogen and oxygen atoms in total. The van der Waals surface area contributed by atoms with Crippen molar-refractivity contribution in [3.63, 3.8) is 0 Å². The van der Waals surface area contributed by atoms with E-state index >= 15 is 0 Å². The first-order chi connectivity index (χ1) is 11.8. The molecular weight excluding hydrogens is 361 g/mol. The molecule has 0 spiro atoms. The minimum atomic E-state index is -4.48. The van der Waals surface area contributed by atoms with E-state index in [-0.39, 0.29) is 23.0 Å². The number of nitrogens with one attached hydrogen (secondary N) is 2. The number of rotatable bonds is 3. The number of carbonyl (C=O) groups excluding carboxylic acids is 1. The fourth-order valence-corrected chi connectivity index (χ4v) is 3.21. The fraction of sp³-hybridized carbons (Fsp3) is 0.600. The Labute approximate surface area is 147 Å². The molecule has 1 aromatic rings. The van der Waals surface area contributed by atoms with E-state index in [2.05, 4.69) is 15.6 Å². The lowest BCUT2D eigenvalue weighted by atomic mass is 10.2. The number of carbonyl (C=O) groups is 1. The van der Waals surface area contributed by atoms with Gasteiger partial charge in [0.25, 0.3) is 0 Å². The first-order valence-electron chi connectivity index (χ1n) is 7.94. The smallest absolute Gasteiger partial charge is 0.378 e. The molecular formula is C15H18ClF3N4O2. The Morgan fingerprint density at radius 2 is 2.28 bits per heavy atom. The number of hydrogen-bond acceptors (Lipinski definition) is 5. The molecule has 2 aliphatic rings. The minimum Gasteiger partial charge on any atom is -0.378 e. The molecule has 138 valence electrons. The monoisotopic (exact) mass is 378 g/mol. The third-order valence-electron chi connectivity index (χ3n) is 4.22. The third kappa shape index (κ3) is 4.34. The second-order valence-corrected chi connectivity index (χ2v) is 6.46. The Balaban J connectivity index is 1.60. The molecule has 1 aromatic heterocycles. The van der Waals surface area contributed by atoms with Crippen molar-refractivity contribution in [1.82, 2.24) is 15.6 Å². The van der Waals surface area contributed by atoms with Crippen molar-refractivity contribution in [2.45, 2.75) is 24.7 Å². The van der Waals surface area contributed by atoms with Gasteiger partial charge in [0, 0.05) is 31.9 Å². The molecule has 2 unspecified atom stereocenters. The number of nitrogens with zero attached hydrogens (tertiary/aromatic N) is 2. The molecule has 2 atom stereocenters. The fourth-order valence-electron chi connectivity index (χ4n) is 2.92. The summed E-state index contributed by atoms with van der Waals surface area (Å²) in [5.74, 6) is 0.156. The number of ether oxygens (including phenoxy) is 1. The molecule has 3 rings (SSSR count). The minimum absolute atomic E-state index is 0.0517. The summed E-state index contributed by atoms with van der Waals surface area (Å²) in [4.78, 5) is 17.8. The van der Waals surface area contributed by atoms with Gasteiger partial charge in [0.05, 0.1) is 23.8 Å². The highest BCUT2D eigenvalue weighted by molar-refractivity contribution is 6.33. The van der Waals surface area contributed by atoms with Crippen LogP contribution in [0.15, 0.2) is 12.3 Å². The topological polar surface area (TPSA) is 66.5 Å². The van der Waals surface area contributed by atoms with Crippen molar-refractivity contribution in [1.29, 1.82) is 0 Å². The average molecular weight is 379 g/mol. The zero-order chi connectivity index (χ0) is 18.0. The van der Waals surface area contributed by atoms with Crippen molar-refractivity contribution in [2.24, 2.45) is 0 Å². The molecule has 0 radical (unpaired) electrons. The zero-order valence-corrected chi connectivity index (χ0v) is 14.0. The van der Waals surface area contributed by atoms with Crippen LogP contribution < -0.4 is 15.5 Å². The molecule has 2 aliphatic heterocycles. The van der Waals surface area contributed by atoms with Crippen LogP contribution in [0, 0.1) is 0 Å². The van der Waals surface area contributed by atoms with E-state index in [0.717, 1.165) is 12.3 Å². The number of morpholine rings is 1. The predicted molar refractivity (Wildman–Crippen MR) is 85.6 cm³/mol. The SMILES string of the molecule is O=C(NC1CCN(c2ncc(C(F)(F)F)cc2Cl)C1)C1COCCN1. The zero-order valence-electron chi connectivity index (χ0n) is 13.3. The highest BCUT2D eigenvalue weighted by atomic mass is 35.5. The van der Waals surface area contributed by atoms with E-state index in [4.69, 9.17) is 16.3 Å². The van der Waals surface area contributed by atoms with Crippen molar-refractivity contribution < 1.29 is 22.7 Å². The van der Waals surface area contributed by atoms with Crippen LogP contribution in [0.2, 0.25) is 5.02 Å². The molecule has 25 heavy (non-hydrogen) atoms. The summed E-state index contributed by atoms with van der Waals surface area (Å²) in [6.07, 6.45) is -3.04. The van der Waals surface area contributed by atoms with E-state index < -0.39 is 11.7 Å².